The normalized spacial score (nSPS) is 22.6. The second-order valence-corrected chi connectivity index (χ2v) is 14.1. The molecular formula is C40H43F9N4O5. The fourth-order valence-electron chi connectivity index (χ4n) is 7.76. The molecule has 0 saturated heterocycles. The molecule has 0 saturated carbocycles. The summed E-state index contributed by atoms with van der Waals surface area (Å²) < 4.78 is 146. The molecule has 0 fully saturated rings. The number of rotatable bonds is 14. The standard InChI is InChI=1S/C40H43F9N4O5/c1-3-37(21-20-28-23-29(38(41,42)43)18-19-30(28)53(37)35(56)57-4-2)51-34-50-24-36(58-22-12-11-17-31(54)55,32(39(44,45)46)26-13-7-5-8-14-26)25-52(34)33(40(47,48)49)27-15-9-6-10-16-27/h5-10,13-16,18-19,23-24,32-34,51H,3-4,11-12,17,20-22,25H2,1-2H3,(H,54,55). The first-order valence-electron chi connectivity index (χ1n) is 18.6. The molecule has 5 atom stereocenters. The van der Waals surface area contributed by atoms with E-state index in [1.807, 2.05) is 0 Å². The number of aryl methyl sites for hydroxylation is 1. The van der Waals surface area contributed by atoms with Gasteiger partial charge in [-0.2, -0.15) is 39.5 Å². The molecule has 3 aromatic rings. The summed E-state index contributed by atoms with van der Waals surface area (Å²) in [5.41, 5.74) is -5.86. The number of carboxylic acid groups (broad SMARTS) is 1. The van der Waals surface area contributed by atoms with Gasteiger partial charge in [0.05, 0.1) is 17.9 Å². The number of hydrogen-bond donors (Lipinski definition) is 2. The highest BCUT2D eigenvalue weighted by atomic mass is 19.4. The van der Waals surface area contributed by atoms with E-state index < -0.39 is 78.8 Å². The number of fused-ring (bicyclic) bond motifs is 1. The summed E-state index contributed by atoms with van der Waals surface area (Å²) in [4.78, 5) is 31.0. The van der Waals surface area contributed by atoms with Gasteiger partial charge in [0.1, 0.15) is 23.2 Å². The number of carbonyl (C=O) groups excluding carboxylic acids is 1. The molecule has 18 heteroatoms. The number of benzene rings is 3. The summed E-state index contributed by atoms with van der Waals surface area (Å²) >= 11 is 0. The molecule has 0 bridgehead atoms. The van der Waals surface area contributed by atoms with E-state index >= 15 is 26.3 Å². The van der Waals surface area contributed by atoms with E-state index in [-0.39, 0.29) is 67.5 Å². The van der Waals surface area contributed by atoms with Gasteiger partial charge in [-0.05, 0) is 73.9 Å². The van der Waals surface area contributed by atoms with Crippen LogP contribution in [0.2, 0.25) is 0 Å². The van der Waals surface area contributed by atoms with Gasteiger partial charge in [0.15, 0.2) is 6.29 Å². The molecule has 58 heavy (non-hydrogen) atoms. The Hall–Kier alpha value is -4.68. The van der Waals surface area contributed by atoms with E-state index in [1.54, 1.807) is 6.92 Å². The lowest BCUT2D eigenvalue weighted by molar-refractivity contribution is -0.223. The van der Waals surface area contributed by atoms with Crippen LogP contribution in [-0.2, 0) is 26.9 Å². The van der Waals surface area contributed by atoms with Gasteiger partial charge in [0.2, 0.25) is 0 Å². The third kappa shape index (κ3) is 9.77. The number of carboxylic acids is 1. The second kappa shape index (κ2) is 17.7. The Kier molecular flexibility index (Phi) is 13.5. The van der Waals surface area contributed by atoms with Crippen LogP contribution in [0.15, 0.2) is 83.9 Å². The lowest BCUT2D eigenvalue weighted by Gasteiger charge is -2.53. The smallest absolute Gasteiger partial charge is 0.416 e. The van der Waals surface area contributed by atoms with Crippen molar-refractivity contribution in [2.45, 2.75) is 100 Å². The Balaban J connectivity index is 1.71. The minimum atomic E-state index is -5.14. The number of anilines is 1. The number of aliphatic imine (C=N–C) groups is 1. The number of ether oxygens (including phenoxy) is 2. The summed E-state index contributed by atoms with van der Waals surface area (Å²) in [6, 6.07) is 13.1. The highest BCUT2D eigenvalue weighted by molar-refractivity contribution is 5.91. The number of aliphatic carboxylic acids is 1. The second-order valence-electron chi connectivity index (χ2n) is 14.1. The van der Waals surface area contributed by atoms with Crippen molar-refractivity contribution >= 4 is 24.0 Å². The van der Waals surface area contributed by atoms with Crippen molar-refractivity contribution in [1.82, 2.24) is 10.2 Å². The minimum Gasteiger partial charge on any atom is -0.481 e. The van der Waals surface area contributed by atoms with Crippen LogP contribution < -0.4 is 10.2 Å². The van der Waals surface area contributed by atoms with Gasteiger partial charge in [0, 0.05) is 25.8 Å². The van der Waals surface area contributed by atoms with Gasteiger partial charge in [-0.3, -0.25) is 24.9 Å². The van der Waals surface area contributed by atoms with Crippen molar-refractivity contribution in [2.24, 2.45) is 4.99 Å². The average molecular weight is 831 g/mol. The maximum Gasteiger partial charge on any atom is 0.416 e. The van der Waals surface area contributed by atoms with Crippen molar-refractivity contribution in [3.63, 3.8) is 0 Å². The first-order valence-corrected chi connectivity index (χ1v) is 18.6. The number of hydrogen-bond acceptors (Lipinski definition) is 7. The van der Waals surface area contributed by atoms with Crippen LogP contribution in [0, 0.1) is 0 Å². The van der Waals surface area contributed by atoms with Crippen molar-refractivity contribution in [2.75, 3.05) is 24.7 Å². The van der Waals surface area contributed by atoms with E-state index in [0.717, 1.165) is 41.4 Å². The number of halogens is 9. The summed E-state index contributed by atoms with van der Waals surface area (Å²) in [5.74, 6) is -3.73. The molecule has 3 aromatic carbocycles. The van der Waals surface area contributed by atoms with Gasteiger partial charge in [-0.1, -0.05) is 67.6 Å². The largest absolute Gasteiger partial charge is 0.481 e. The number of alkyl halides is 9. The van der Waals surface area contributed by atoms with Gasteiger partial charge < -0.3 is 14.6 Å². The monoisotopic (exact) mass is 830 g/mol. The summed E-state index contributed by atoms with van der Waals surface area (Å²) in [6.45, 7) is 1.36. The molecule has 5 rings (SSSR count). The first kappa shape index (κ1) is 44.4. The maximum absolute atomic E-state index is 15.6. The SMILES string of the molecule is CCOC(=O)N1c2ccc(C(F)(F)F)cc2CCC1(CC)NC1N=CC(OCCCCC(=O)O)(C(c2ccccc2)C(F)(F)F)CN1C(c1ccccc1)C(F)(F)F. The Labute approximate surface area is 328 Å². The number of carbonyl (C=O) groups is 2. The van der Waals surface area contributed by atoms with Crippen LogP contribution in [-0.4, -0.2) is 77.9 Å². The maximum atomic E-state index is 15.6. The van der Waals surface area contributed by atoms with Gasteiger partial charge >= 0.3 is 30.6 Å². The van der Waals surface area contributed by atoms with Gasteiger partial charge in [0.25, 0.3) is 0 Å². The molecule has 2 aliphatic rings. The van der Waals surface area contributed by atoms with Crippen LogP contribution in [0.25, 0.3) is 0 Å². The predicted molar refractivity (Wildman–Crippen MR) is 195 cm³/mol. The van der Waals surface area contributed by atoms with Crippen LogP contribution in [0.5, 0.6) is 0 Å². The molecule has 5 unspecified atom stereocenters. The van der Waals surface area contributed by atoms with E-state index in [2.05, 4.69) is 10.3 Å². The molecule has 0 spiro atoms. The summed E-state index contributed by atoms with van der Waals surface area (Å²) in [5, 5.41) is 12.2. The Bertz CT molecular complexity index is 1900. The summed E-state index contributed by atoms with van der Waals surface area (Å²) in [7, 11) is 0. The van der Waals surface area contributed by atoms with E-state index in [1.165, 1.54) is 55.5 Å². The number of nitrogens with zero attached hydrogens (tertiary/aromatic N) is 3. The Morgan fingerprint density at radius 2 is 1.53 bits per heavy atom. The lowest BCUT2D eigenvalue weighted by Crippen LogP contribution is -2.71. The van der Waals surface area contributed by atoms with Crippen LogP contribution in [0.3, 0.4) is 0 Å². The van der Waals surface area contributed by atoms with Crippen LogP contribution in [0.1, 0.15) is 80.2 Å². The lowest BCUT2D eigenvalue weighted by atomic mass is 9.80. The summed E-state index contributed by atoms with van der Waals surface area (Å²) in [6.07, 6.45) is -17.7. The van der Waals surface area contributed by atoms with Crippen molar-refractivity contribution < 1.29 is 63.7 Å². The molecule has 316 valence electrons. The molecular weight excluding hydrogens is 787 g/mol. The average Bonchev–Trinajstić information content (AvgIpc) is 3.15. The Morgan fingerprint density at radius 3 is 2.09 bits per heavy atom. The van der Waals surface area contributed by atoms with Gasteiger partial charge in [-0.25, -0.2) is 4.79 Å². The molecule has 0 aliphatic carbocycles. The molecule has 9 nitrogen and oxygen atoms in total. The van der Waals surface area contributed by atoms with E-state index in [4.69, 9.17) is 14.6 Å². The zero-order valence-electron chi connectivity index (χ0n) is 31.5. The van der Waals surface area contributed by atoms with Crippen molar-refractivity contribution in [3.05, 3.63) is 101 Å². The number of amides is 1. The van der Waals surface area contributed by atoms with Crippen LogP contribution >= 0.6 is 0 Å². The van der Waals surface area contributed by atoms with Crippen molar-refractivity contribution in [3.8, 4) is 0 Å². The molecule has 1 amide bonds. The predicted octanol–water partition coefficient (Wildman–Crippen LogP) is 9.64. The molecule has 0 aromatic heterocycles. The molecule has 2 N–H and O–H groups in total. The number of unbranched alkanes of at least 4 members (excludes halogenated alkanes) is 1. The Morgan fingerprint density at radius 1 is 0.897 bits per heavy atom. The minimum absolute atomic E-state index is 0.00230. The van der Waals surface area contributed by atoms with E-state index in [9.17, 15) is 22.8 Å². The van der Waals surface area contributed by atoms with E-state index in [0.29, 0.717) is 4.90 Å². The zero-order valence-corrected chi connectivity index (χ0v) is 31.5. The third-order valence-corrected chi connectivity index (χ3v) is 10.4. The first-order chi connectivity index (χ1) is 27.3. The topological polar surface area (TPSA) is 104 Å². The van der Waals surface area contributed by atoms with Gasteiger partial charge in [-0.15, -0.1) is 0 Å². The quantitative estimate of drug-likeness (QED) is 0.123. The van der Waals surface area contributed by atoms with Crippen molar-refractivity contribution in [1.29, 1.82) is 0 Å². The molecule has 2 heterocycles. The third-order valence-electron chi connectivity index (χ3n) is 10.4. The zero-order chi connectivity index (χ0) is 42.5. The highest BCUT2D eigenvalue weighted by Gasteiger charge is 2.60. The number of nitrogens with one attached hydrogen (secondary N) is 1. The molecule has 2 aliphatic heterocycles. The highest BCUT2D eigenvalue weighted by Crippen LogP contribution is 2.49. The fourth-order valence-corrected chi connectivity index (χ4v) is 7.76. The van der Waals surface area contributed by atoms with Crippen LogP contribution in [0.4, 0.5) is 50.0 Å². The fraction of sp³-hybridized carbons (Fsp3) is 0.475. The molecule has 0 radical (unpaired) electrons.